The van der Waals surface area contributed by atoms with Crippen LogP contribution in [0.3, 0.4) is 0 Å². The molecule has 0 unspecified atom stereocenters. The standard InChI is InChI=1S/C30H24F4N6O3/c1-35-28(42)19-4-2-3-5-23(19)40-29(43)20-13-17(31)7-9-24(20)38-25-14-26(36-15-21(25)30(32,33)34)37-18-8-10-22-16(12-18)6-11-27(41)39-22/h2-5,7-10,12-15H,6,11H2,1H3,(H,35,42)(H,39,41)(H,40,43)(H2,36,37,38). The van der Waals surface area contributed by atoms with Gasteiger partial charge in [0.05, 0.1) is 33.8 Å². The number of carbonyl (C=O) groups is 3. The maximum absolute atomic E-state index is 14.3. The van der Waals surface area contributed by atoms with Gasteiger partial charge < -0.3 is 26.6 Å². The smallest absolute Gasteiger partial charge is 0.355 e. The molecule has 0 spiro atoms. The lowest BCUT2D eigenvalue weighted by molar-refractivity contribution is -0.137. The number of benzene rings is 3. The van der Waals surface area contributed by atoms with Crippen LogP contribution in [0, 0.1) is 5.82 Å². The first-order chi connectivity index (χ1) is 20.5. The van der Waals surface area contributed by atoms with E-state index < -0.39 is 35.1 Å². The largest absolute Gasteiger partial charge is 0.419 e. The van der Waals surface area contributed by atoms with Gasteiger partial charge in [-0.15, -0.1) is 0 Å². The number of carbonyl (C=O) groups excluding carboxylic acids is 3. The summed E-state index contributed by atoms with van der Waals surface area (Å²) in [5.41, 5.74) is 0.320. The Morgan fingerprint density at radius 2 is 1.65 bits per heavy atom. The second-order valence-electron chi connectivity index (χ2n) is 9.55. The molecule has 4 aromatic rings. The molecule has 3 aromatic carbocycles. The molecule has 0 saturated heterocycles. The number of fused-ring (bicyclic) bond motifs is 1. The summed E-state index contributed by atoms with van der Waals surface area (Å²) in [6.07, 6.45) is -3.35. The number of hydrogen-bond donors (Lipinski definition) is 5. The third-order valence-electron chi connectivity index (χ3n) is 6.63. The van der Waals surface area contributed by atoms with Crippen LogP contribution in [-0.4, -0.2) is 29.8 Å². The van der Waals surface area contributed by atoms with Crippen molar-refractivity contribution in [3.63, 3.8) is 0 Å². The van der Waals surface area contributed by atoms with E-state index in [0.717, 1.165) is 29.8 Å². The average Bonchev–Trinajstić information content (AvgIpc) is 2.97. The molecule has 0 radical (unpaired) electrons. The van der Waals surface area contributed by atoms with Gasteiger partial charge in [-0.2, -0.15) is 13.2 Å². The first kappa shape index (κ1) is 29.0. The number of nitrogens with one attached hydrogen (secondary N) is 5. The van der Waals surface area contributed by atoms with Gasteiger partial charge >= 0.3 is 6.18 Å². The monoisotopic (exact) mass is 592 g/mol. The van der Waals surface area contributed by atoms with Crippen molar-refractivity contribution < 1.29 is 31.9 Å². The fraction of sp³-hybridized carbons (Fsp3) is 0.133. The van der Waals surface area contributed by atoms with E-state index in [1.54, 1.807) is 30.3 Å². The molecule has 0 atom stereocenters. The van der Waals surface area contributed by atoms with Crippen LogP contribution in [0.2, 0.25) is 0 Å². The molecule has 2 heterocycles. The molecular formula is C30H24F4N6O3. The van der Waals surface area contributed by atoms with Crippen molar-refractivity contribution in [3.05, 3.63) is 101 Å². The minimum absolute atomic E-state index is 0.0583. The van der Waals surface area contributed by atoms with E-state index in [9.17, 15) is 31.9 Å². The molecular weight excluding hydrogens is 568 g/mol. The Hall–Kier alpha value is -5.46. The number of anilines is 6. The van der Waals surface area contributed by atoms with Crippen molar-refractivity contribution in [2.45, 2.75) is 19.0 Å². The summed E-state index contributed by atoms with van der Waals surface area (Å²) in [5.74, 6) is -2.18. The zero-order valence-corrected chi connectivity index (χ0v) is 22.5. The van der Waals surface area contributed by atoms with Gasteiger partial charge in [0.2, 0.25) is 5.91 Å². The second kappa shape index (κ2) is 11.8. The van der Waals surface area contributed by atoms with Crippen molar-refractivity contribution in [2.75, 3.05) is 28.3 Å². The van der Waals surface area contributed by atoms with Gasteiger partial charge in [0, 0.05) is 37.1 Å². The van der Waals surface area contributed by atoms with E-state index in [1.807, 2.05) is 0 Å². The summed E-state index contributed by atoms with van der Waals surface area (Å²) in [7, 11) is 1.41. The molecule has 220 valence electrons. The lowest BCUT2D eigenvalue weighted by atomic mass is 10.0. The number of para-hydroxylation sites is 1. The highest BCUT2D eigenvalue weighted by Gasteiger charge is 2.35. The fourth-order valence-electron chi connectivity index (χ4n) is 4.53. The molecule has 3 amide bonds. The number of pyridine rings is 1. The SMILES string of the molecule is CNC(=O)c1ccccc1NC(=O)c1cc(F)ccc1Nc1cc(Nc2ccc3c(c2)CCC(=O)N3)ncc1C(F)(F)F. The van der Waals surface area contributed by atoms with Crippen LogP contribution in [0.4, 0.5) is 51.8 Å². The maximum Gasteiger partial charge on any atom is 0.419 e. The topological polar surface area (TPSA) is 124 Å². The number of amides is 3. The van der Waals surface area contributed by atoms with Crippen molar-refractivity contribution >= 4 is 52.0 Å². The molecule has 1 aromatic heterocycles. The van der Waals surface area contributed by atoms with Crippen LogP contribution in [0.25, 0.3) is 0 Å². The Morgan fingerprint density at radius 3 is 2.42 bits per heavy atom. The molecule has 9 nitrogen and oxygen atoms in total. The summed E-state index contributed by atoms with van der Waals surface area (Å²) in [6.45, 7) is 0. The predicted molar refractivity (Wildman–Crippen MR) is 153 cm³/mol. The quantitative estimate of drug-likeness (QED) is 0.162. The maximum atomic E-state index is 14.3. The van der Waals surface area contributed by atoms with Crippen LogP contribution < -0.4 is 26.6 Å². The number of aromatic nitrogens is 1. The number of halogens is 4. The van der Waals surface area contributed by atoms with E-state index in [0.29, 0.717) is 30.4 Å². The highest BCUT2D eigenvalue weighted by Crippen LogP contribution is 2.38. The Kier molecular flexibility index (Phi) is 7.97. The van der Waals surface area contributed by atoms with Crippen molar-refractivity contribution in [1.82, 2.24) is 10.3 Å². The van der Waals surface area contributed by atoms with E-state index in [2.05, 4.69) is 31.6 Å². The fourth-order valence-corrected chi connectivity index (χ4v) is 4.53. The van der Waals surface area contributed by atoms with Crippen LogP contribution in [0.5, 0.6) is 0 Å². The molecule has 43 heavy (non-hydrogen) atoms. The Bertz CT molecular complexity index is 1740. The molecule has 5 N–H and O–H groups in total. The van der Waals surface area contributed by atoms with E-state index in [4.69, 9.17) is 0 Å². The molecule has 5 rings (SSSR count). The van der Waals surface area contributed by atoms with Crippen LogP contribution in [0.15, 0.2) is 72.9 Å². The Labute approximate surface area is 242 Å². The van der Waals surface area contributed by atoms with Gasteiger partial charge in [-0.1, -0.05) is 12.1 Å². The van der Waals surface area contributed by atoms with Crippen molar-refractivity contribution in [2.24, 2.45) is 0 Å². The van der Waals surface area contributed by atoms with Gasteiger partial charge in [-0.25, -0.2) is 9.37 Å². The molecule has 1 aliphatic heterocycles. The molecule has 13 heteroatoms. The van der Waals surface area contributed by atoms with Crippen molar-refractivity contribution in [3.8, 4) is 0 Å². The number of alkyl halides is 3. The van der Waals surface area contributed by atoms with E-state index in [1.165, 1.54) is 19.2 Å². The molecule has 0 bridgehead atoms. The first-order valence-electron chi connectivity index (χ1n) is 13.0. The molecule has 0 saturated carbocycles. The Morgan fingerprint density at radius 1 is 0.860 bits per heavy atom. The molecule has 1 aliphatic rings. The van der Waals surface area contributed by atoms with Crippen molar-refractivity contribution in [1.29, 1.82) is 0 Å². The minimum Gasteiger partial charge on any atom is -0.355 e. The first-order valence-corrected chi connectivity index (χ1v) is 13.0. The average molecular weight is 593 g/mol. The van der Waals surface area contributed by atoms with Crippen LogP contribution in [-0.2, 0) is 17.4 Å². The highest BCUT2D eigenvalue weighted by molar-refractivity contribution is 6.11. The number of hydrogen-bond acceptors (Lipinski definition) is 6. The normalized spacial score (nSPS) is 12.5. The highest BCUT2D eigenvalue weighted by atomic mass is 19.4. The van der Waals surface area contributed by atoms with E-state index >= 15 is 0 Å². The predicted octanol–water partition coefficient (Wildman–Crippen LogP) is 6.22. The number of rotatable bonds is 7. The van der Waals surface area contributed by atoms with Crippen LogP contribution >= 0.6 is 0 Å². The summed E-state index contributed by atoms with van der Waals surface area (Å²) >= 11 is 0. The second-order valence-corrected chi connectivity index (χ2v) is 9.55. The number of nitrogens with zero attached hydrogens (tertiary/aromatic N) is 1. The van der Waals surface area contributed by atoms with Crippen LogP contribution in [0.1, 0.15) is 38.3 Å². The lowest BCUT2D eigenvalue weighted by Crippen LogP contribution is -2.22. The van der Waals surface area contributed by atoms with Gasteiger partial charge in [-0.3, -0.25) is 14.4 Å². The zero-order chi connectivity index (χ0) is 30.7. The Balaban J connectivity index is 1.46. The number of aryl methyl sites for hydroxylation is 1. The van der Waals surface area contributed by atoms with E-state index in [-0.39, 0.29) is 34.2 Å². The summed E-state index contributed by atoms with van der Waals surface area (Å²) in [6, 6.07) is 15.3. The summed E-state index contributed by atoms with van der Waals surface area (Å²) < 4.78 is 56.2. The lowest BCUT2D eigenvalue weighted by Gasteiger charge is -2.19. The van der Waals surface area contributed by atoms with Gasteiger partial charge in [0.25, 0.3) is 11.8 Å². The summed E-state index contributed by atoms with van der Waals surface area (Å²) in [4.78, 5) is 41.0. The minimum atomic E-state index is -4.81. The summed E-state index contributed by atoms with van der Waals surface area (Å²) in [5, 5.41) is 13.3. The third kappa shape index (κ3) is 6.56. The van der Waals surface area contributed by atoms with Gasteiger partial charge in [-0.05, 0) is 60.5 Å². The molecule has 0 fully saturated rings. The van der Waals surface area contributed by atoms with Gasteiger partial charge in [0.15, 0.2) is 0 Å². The van der Waals surface area contributed by atoms with Gasteiger partial charge in [0.1, 0.15) is 11.6 Å². The third-order valence-corrected chi connectivity index (χ3v) is 6.63. The molecule has 0 aliphatic carbocycles. The zero-order valence-electron chi connectivity index (χ0n) is 22.5.